The number of primary amides is 1. The molecule has 3 aromatic carbocycles. The van der Waals surface area contributed by atoms with E-state index in [1.165, 1.54) is 0 Å². The Morgan fingerprint density at radius 2 is 1.65 bits per heavy atom. The molecule has 204 valence electrons. The first-order valence-corrected chi connectivity index (χ1v) is 12.6. The molecule has 3 N–H and O–H groups in total. The summed E-state index contributed by atoms with van der Waals surface area (Å²) in [4.78, 5) is 29.7. The standard InChI is InChI=1S/C31H29N3O6/c1-31(2,3)27-16-23(28(40-27)29(32)35)34-30(36)20-8-6-7-17-13-18(9-10-19(17)20)39-24-11-12-33-22-15-26(38-5)25(37-4)14-21(22)24/h6-16H,1-5H3,(H2,32,35)(H,34,36). The number of carbonyl (C=O) groups is 2. The van der Waals surface area contributed by atoms with Gasteiger partial charge in [0, 0.05) is 34.7 Å². The number of ether oxygens (including phenoxy) is 3. The van der Waals surface area contributed by atoms with E-state index in [9.17, 15) is 9.59 Å². The van der Waals surface area contributed by atoms with Crippen LogP contribution in [0.4, 0.5) is 5.69 Å². The number of carbonyl (C=O) groups excluding carboxylic acids is 2. The summed E-state index contributed by atoms with van der Waals surface area (Å²) in [5.41, 5.74) is 6.48. The molecule has 0 fully saturated rings. The van der Waals surface area contributed by atoms with E-state index in [1.54, 1.807) is 56.8 Å². The van der Waals surface area contributed by atoms with Crippen LogP contribution in [0.5, 0.6) is 23.0 Å². The molecule has 0 spiro atoms. The lowest BCUT2D eigenvalue weighted by Crippen LogP contribution is -2.17. The van der Waals surface area contributed by atoms with Gasteiger partial charge in [-0.1, -0.05) is 32.9 Å². The van der Waals surface area contributed by atoms with Crippen molar-refractivity contribution in [2.24, 2.45) is 5.73 Å². The number of methoxy groups -OCH3 is 2. The van der Waals surface area contributed by atoms with Crippen LogP contribution in [-0.2, 0) is 5.41 Å². The Labute approximate surface area is 230 Å². The van der Waals surface area contributed by atoms with Gasteiger partial charge >= 0.3 is 0 Å². The van der Waals surface area contributed by atoms with Crippen LogP contribution in [0.3, 0.4) is 0 Å². The Bertz CT molecular complexity index is 1770. The van der Waals surface area contributed by atoms with Crippen LogP contribution in [0, 0.1) is 0 Å². The normalized spacial score (nSPS) is 11.4. The number of furan rings is 1. The molecule has 9 nitrogen and oxygen atoms in total. The van der Waals surface area contributed by atoms with Gasteiger partial charge in [0.1, 0.15) is 17.3 Å². The van der Waals surface area contributed by atoms with E-state index in [0.717, 1.165) is 10.8 Å². The molecule has 5 aromatic rings. The van der Waals surface area contributed by atoms with Gasteiger partial charge < -0.3 is 29.7 Å². The molecule has 2 aromatic heterocycles. The molecular formula is C31H29N3O6. The second-order valence-corrected chi connectivity index (χ2v) is 10.2. The molecule has 0 saturated heterocycles. The molecule has 0 unspecified atom stereocenters. The number of fused-ring (bicyclic) bond motifs is 2. The fourth-order valence-corrected chi connectivity index (χ4v) is 4.41. The first kappa shape index (κ1) is 26.6. The maximum atomic E-state index is 13.3. The van der Waals surface area contributed by atoms with Crippen LogP contribution >= 0.6 is 0 Å². The molecule has 5 rings (SSSR count). The summed E-state index contributed by atoms with van der Waals surface area (Å²) < 4.78 is 22.7. The smallest absolute Gasteiger partial charge is 0.286 e. The van der Waals surface area contributed by atoms with Crippen molar-refractivity contribution in [3.63, 3.8) is 0 Å². The summed E-state index contributed by atoms with van der Waals surface area (Å²) in [6, 6.07) is 17.9. The molecule has 40 heavy (non-hydrogen) atoms. The zero-order valence-electron chi connectivity index (χ0n) is 22.8. The molecule has 0 aliphatic heterocycles. The van der Waals surface area contributed by atoms with E-state index in [-0.39, 0.29) is 16.9 Å². The van der Waals surface area contributed by atoms with Gasteiger partial charge in [0.2, 0.25) is 5.76 Å². The highest BCUT2D eigenvalue weighted by molar-refractivity contribution is 6.14. The molecule has 2 heterocycles. The Morgan fingerprint density at radius 1 is 0.900 bits per heavy atom. The Hall–Kier alpha value is -5.05. The molecular weight excluding hydrogens is 510 g/mol. The van der Waals surface area contributed by atoms with Gasteiger partial charge in [-0.05, 0) is 47.2 Å². The number of benzene rings is 3. The highest BCUT2D eigenvalue weighted by Gasteiger charge is 2.25. The summed E-state index contributed by atoms with van der Waals surface area (Å²) in [6.45, 7) is 5.82. The van der Waals surface area contributed by atoms with Crippen molar-refractivity contribution in [2.45, 2.75) is 26.2 Å². The summed E-state index contributed by atoms with van der Waals surface area (Å²) in [5.74, 6) is 1.59. The number of pyridine rings is 1. The summed E-state index contributed by atoms with van der Waals surface area (Å²) in [7, 11) is 3.14. The van der Waals surface area contributed by atoms with E-state index in [4.69, 9.17) is 24.4 Å². The predicted octanol–water partition coefficient (Wildman–Crippen LogP) is 6.44. The Morgan fingerprint density at radius 3 is 2.35 bits per heavy atom. The lowest BCUT2D eigenvalue weighted by molar-refractivity contribution is 0.0971. The van der Waals surface area contributed by atoms with Crippen molar-refractivity contribution in [1.82, 2.24) is 4.98 Å². The zero-order valence-corrected chi connectivity index (χ0v) is 22.8. The highest BCUT2D eigenvalue weighted by atomic mass is 16.5. The Balaban J connectivity index is 1.46. The topological polar surface area (TPSA) is 126 Å². The third-order valence-electron chi connectivity index (χ3n) is 6.47. The largest absolute Gasteiger partial charge is 0.493 e. The number of aromatic nitrogens is 1. The average Bonchev–Trinajstić information content (AvgIpc) is 3.37. The molecule has 0 bridgehead atoms. The number of nitrogens with zero attached hydrogens (tertiary/aromatic N) is 1. The minimum absolute atomic E-state index is 0.0898. The van der Waals surface area contributed by atoms with Crippen molar-refractivity contribution in [3.05, 3.63) is 83.9 Å². The highest BCUT2D eigenvalue weighted by Crippen LogP contribution is 2.38. The van der Waals surface area contributed by atoms with Crippen molar-refractivity contribution < 1.29 is 28.2 Å². The van der Waals surface area contributed by atoms with Crippen molar-refractivity contribution in [2.75, 3.05) is 19.5 Å². The van der Waals surface area contributed by atoms with Crippen molar-refractivity contribution >= 4 is 39.2 Å². The first-order valence-electron chi connectivity index (χ1n) is 12.6. The molecule has 0 radical (unpaired) electrons. The first-order chi connectivity index (χ1) is 19.1. The van der Waals surface area contributed by atoms with Crippen LogP contribution in [-0.4, -0.2) is 31.0 Å². The number of rotatable bonds is 7. The maximum absolute atomic E-state index is 13.3. The predicted molar refractivity (Wildman–Crippen MR) is 153 cm³/mol. The van der Waals surface area contributed by atoms with E-state index in [2.05, 4.69) is 10.3 Å². The third kappa shape index (κ3) is 5.01. The number of hydrogen-bond acceptors (Lipinski definition) is 7. The molecule has 2 amide bonds. The van der Waals surface area contributed by atoms with Crippen molar-refractivity contribution in [3.8, 4) is 23.0 Å². The minimum Gasteiger partial charge on any atom is -0.493 e. The maximum Gasteiger partial charge on any atom is 0.286 e. The monoisotopic (exact) mass is 539 g/mol. The van der Waals surface area contributed by atoms with Crippen LogP contribution in [0.25, 0.3) is 21.7 Å². The lowest BCUT2D eigenvalue weighted by Gasteiger charge is -2.13. The fourth-order valence-electron chi connectivity index (χ4n) is 4.41. The van der Waals surface area contributed by atoms with Gasteiger partial charge in [0.25, 0.3) is 11.8 Å². The van der Waals surface area contributed by atoms with Crippen molar-refractivity contribution in [1.29, 1.82) is 0 Å². The lowest BCUT2D eigenvalue weighted by atomic mass is 9.93. The van der Waals surface area contributed by atoms with Gasteiger partial charge in [-0.3, -0.25) is 14.6 Å². The summed E-state index contributed by atoms with van der Waals surface area (Å²) in [5, 5.41) is 5.05. The second kappa shape index (κ2) is 10.3. The van der Waals surface area contributed by atoms with Gasteiger partial charge in [0.15, 0.2) is 11.5 Å². The molecule has 0 saturated carbocycles. The number of amides is 2. The van der Waals surface area contributed by atoms with E-state index in [0.29, 0.717) is 45.2 Å². The fraction of sp³-hybridized carbons (Fsp3) is 0.194. The van der Waals surface area contributed by atoms with E-state index >= 15 is 0 Å². The SMILES string of the molecule is COc1cc2nccc(Oc3ccc4c(C(=O)Nc5cc(C(C)(C)C)oc5C(N)=O)cccc4c3)c2cc1OC. The minimum atomic E-state index is -0.759. The van der Waals surface area contributed by atoms with Crippen LogP contribution < -0.4 is 25.3 Å². The molecule has 0 aliphatic rings. The number of nitrogens with one attached hydrogen (secondary N) is 1. The number of anilines is 1. The molecule has 0 aliphatic carbocycles. The summed E-state index contributed by atoms with van der Waals surface area (Å²) >= 11 is 0. The van der Waals surface area contributed by atoms with Crippen LogP contribution in [0.1, 0.15) is 47.4 Å². The van der Waals surface area contributed by atoms with E-state index in [1.807, 2.05) is 45.0 Å². The van der Waals surface area contributed by atoms with Gasteiger partial charge in [0.05, 0.1) is 25.4 Å². The number of nitrogens with two attached hydrogens (primary N) is 1. The molecule has 9 heteroatoms. The van der Waals surface area contributed by atoms with Crippen LogP contribution in [0.15, 0.2) is 71.3 Å². The van der Waals surface area contributed by atoms with Gasteiger partial charge in [-0.15, -0.1) is 0 Å². The van der Waals surface area contributed by atoms with E-state index < -0.39 is 11.8 Å². The summed E-state index contributed by atoms with van der Waals surface area (Å²) in [6.07, 6.45) is 1.66. The van der Waals surface area contributed by atoms with Gasteiger partial charge in [-0.25, -0.2) is 0 Å². The average molecular weight is 540 g/mol. The second-order valence-electron chi connectivity index (χ2n) is 10.2. The Kier molecular flexibility index (Phi) is 6.81. The molecule has 0 atom stereocenters. The number of hydrogen-bond donors (Lipinski definition) is 2. The third-order valence-corrected chi connectivity index (χ3v) is 6.47. The zero-order chi connectivity index (χ0) is 28.6. The quantitative estimate of drug-likeness (QED) is 0.244. The van der Waals surface area contributed by atoms with Gasteiger partial charge in [-0.2, -0.15) is 0 Å². The van der Waals surface area contributed by atoms with Crippen LogP contribution in [0.2, 0.25) is 0 Å².